The molecule has 3 aliphatic rings. The SMILES string of the molecule is O=C(NC1CCOC2(CCOC2)C1)N1CCc2ccc(-c3ccccc3)cc2C1. The minimum absolute atomic E-state index is 0.0433. The smallest absolute Gasteiger partial charge is 0.317 e. The van der Waals surface area contributed by atoms with Crippen LogP contribution in [-0.4, -0.2) is 48.9 Å². The van der Waals surface area contributed by atoms with Gasteiger partial charge in [-0.2, -0.15) is 0 Å². The van der Waals surface area contributed by atoms with Gasteiger partial charge in [0.25, 0.3) is 0 Å². The number of carbonyl (C=O) groups excluding carboxylic acids is 1. The first-order valence-electron chi connectivity index (χ1n) is 10.7. The zero-order chi connectivity index (χ0) is 19.7. The van der Waals surface area contributed by atoms with E-state index in [1.807, 2.05) is 11.0 Å². The van der Waals surface area contributed by atoms with Crippen LogP contribution in [-0.2, 0) is 22.4 Å². The summed E-state index contributed by atoms with van der Waals surface area (Å²) in [5, 5.41) is 3.27. The fourth-order valence-corrected chi connectivity index (χ4v) is 4.82. The Morgan fingerprint density at radius 1 is 1.07 bits per heavy atom. The summed E-state index contributed by atoms with van der Waals surface area (Å²) in [5.41, 5.74) is 4.83. The van der Waals surface area contributed by atoms with Gasteiger partial charge in [0.05, 0.1) is 12.2 Å². The van der Waals surface area contributed by atoms with Gasteiger partial charge in [-0.3, -0.25) is 0 Å². The van der Waals surface area contributed by atoms with Crippen molar-refractivity contribution in [3.8, 4) is 11.1 Å². The molecule has 5 heteroatoms. The largest absolute Gasteiger partial charge is 0.378 e. The Morgan fingerprint density at radius 2 is 1.97 bits per heavy atom. The van der Waals surface area contributed by atoms with Crippen LogP contribution in [0.5, 0.6) is 0 Å². The van der Waals surface area contributed by atoms with Crippen molar-refractivity contribution in [1.82, 2.24) is 10.2 Å². The van der Waals surface area contributed by atoms with Crippen LogP contribution in [0.15, 0.2) is 48.5 Å². The molecule has 2 unspecified atom stereocenters. The zero-order valence-electron chi connectivity index (χ0n) is 16.7. The van der Waals surface area contributed by atoms with Gasteiger partial charge < -0.3 is 19.7 Å². The fraction of sp³-hybridized carbons (Fsp3) is 0.458. The maximum Gasteiger partial charge on any atom is 0.317 e. The molecular formula is C24H28N2O3. The lowest BCUT2D eigenvalue weighted by Crippen LogP contribution is -2.52. The highest BCUT2D eigenvalue weighted by Crippen LogP contribution is 2.33. The number of amides is 2. The first-order chi connectivity index (χ1) is 14.2. The Hall–Kier alpha value is -2.37. The number of hydrogen-bond acceptors (Lipinski definition) is 3. The number of nitrogens with zero attached hydrogens (tertiary/aromatic N) is 1. The average molecular weight is 392 g/mol. The molecule has 29 heavy (non-hydrogen) atoms. The monoisotopic (exact) mass is 392 g/mol. The normalized spacial score (nSPS) is 26.3. The molecule has 0 aromatic heterocycles. The first kappa shape index (κ1) is 18.6. The summed E-state index contributed by atoms with van der Waals surface area (Å²) in [4.78, 5) is 14.9. The van der Waals surface area contributed by atoms with Gasteiger partial charge in [-0.15, -0.1) is 0 Å². The molecule has 2 amide bonds. The molecule has 2 fully saturated rings. The Balaban J connectivity index is 1.26. The van der Waals surface area contributed by atoms with Crippen LogP contribution in [0.25, 0.3) is 11.1 Å². The van der Waals surface area contributed by atoms with E-state index in [2.05, 4.69) is 47.8 Å². The van der Waals surface area contributed by atoms with Gasteiger partial charge in [0, 0.05) is 38.8 Å². The van der Waals surface area contributed by atoms with Crippen LogP contribution in [0.1, 0.15) is 30.4 Å². The molecule has 2 aromatic rings. The van der Waals surface area contributed by atoms with Gasteiger partial charge in [-0.25, -0.2) is 4.79 Å². The molecule has 2 aromatic carbocycles. The minimum atomic E-state index is -0.185. The van der Waals surface area contributed by atoms with Crippen LogP contribution in [0, 0.1) is 0 Å². The van der Waals surface area contributed by atoms with Crippen molar-refractivity contribution in [2.45, 2.75) is 43.9 Å². The highest BCUT2D eigenvalue weighted by molar-refractivity contribution is 5.75. The Kier molecular flexibility index (Phi) is 5.02. The van der Waals surface area contributed by atoms with Crippen molar-refractivity contribution >= 4 is 6.03 Å². The topological polar surface area (TPSA) is 50.8 Å². The quantitative estimate of drug-likeness (QED) is 0.847. The van der Waals surface area contributed by atoms with Crippen LogP contribution >= 0.6 is 0 Å². The highest BCUT2D eigenvalue weighted by atomic mass is 16.6. The third-order valence-corrected chi connectivity index (χ3v) is 6.50. The molecule has 0 aliphatic carbocycles. The predicted octanol–water partition coefficient (Wildman–Crippen LogP) is 3.76. The number of nitrogens with one attached hydrogen (secondary N) is 1. The van der Waals surface area contributed by atoms with Gasteiger partial charge >= 0.3 is 6.03 Å². The number of benzene rings is 2. The molecule has 152 valence electrons. The maximum absolute atomic E-state index is 13.0. The van der Waals surface area contributed by atoms with E-state index < -0.39 is 0 Å². The zero-order valence-corrected chi connectivity index (χ0v) is 16.7. The second-order valence-electron chi connectivity index (χ2n) is 8.49. The maximum atomic E-state index is 13.0. The van der Waals surface area contributed by atoms with Gasteiger partial charge in [0.1, 0.15) is 0 Å². The fourth-order valence-electron chi connectivity index (χ4n) is 4.82. The lowest BCUT2D eigenvalue weighted by Gasteiger charge is -2.38. The van der Waals surface area contributed by atoms with Gasteiger partial charge in [-0.1, -0.05) is 42.5 Å². The molecule has 0 saturated carbocycles. The third kappa shape index (κ3) is 3.89. The van der Waals surface area contributed by atoms with E-state index in [9.17, 15) is 4.79 Å². The lowest BCUT2D eigenvalue weighted by molar-refractivity contribution is -0.0881. The number of urea groups is 1. The minimum Gasteiger partial charge on any atom is -0.378 e. The number of carbonyl (C=O) groups is 1. The van der Waals surface area contributed by atoms with Crippen LogP contribution in [0.3, 0.4) is 0 Å². The molecule has 1 N–H and O–H groups in total. The summed E-state index contributed by atoms with van der Waals surface area (Å²) in [7, 11) is 0. The van der Waals surface area contributed by atoms with Crippen LogP contribution < -0.4 is 5.32 Å². The van der Waals surface area contributed by atoms with Crippen molar-refractivity contribution in [1.29, 1.82) is 0 Å². The van der Waals surface area contributed by atoms with Gasteiger partial charge in [-0.05, 0) is 47.6 Å². The van der Waals surface area contributed by atoms with Crippen molar-refractivity contribution in [3.05, 3.63) is 59.7 Å². The first-order valence-corrected chi connectivity index (χ1v) is 10.7. The van der Waals surface area contributed by atoms with Crippen LogP contribution in [0.2, 0.25) is 0 Å². The average Bonchev–Trinajstić information content (AvgIpc) is 3.21. The summed E-state index contributed by atoms with van der Waals surface area (Å²) < 4.78 is 11.5. The number of ether oxygens (including phenoxy) is 2. The van der Waals surface area contributed by atoms with Gasteiger partial charge in [0.2, 0.25) is 0 Å². The van der Waals surface area contributed by atoms with Crippen molar-refractivity contribution in [2.75, 3.05) is 26.4 Å². The lowest BCUT2D eigenvalue weighted by atomic mass is 9.90. The van der Waals surface area contributed by atoms with E-state index in [4.69, 9.17) is 9.47 Å². The summed E-state index contributed by atoms with van der Waals surface area (Å²) in [6.07, 6.45) is 3.56. The molecule has 0 radical (unpaired) electrons. The molecule has 5 nitrogen and oxygen atoms in total. The summed E-state index contributed by atoms with van der Waals surface area (Å²) in [6, 6.07) is 17.3. The number of fused-ring (bicyclic) bond motifs is 1. The Morgan fingerprint density at radius 3 is 2.79 bits per heavy atom. The molecular weight excluding hydrogens is 364 g/mol. The number of rotatable bonds is 2. The molecule has 2 saturated heterocycles. The van der Waals surface area contributed by atoms with E-state index in [-0.39, 0.29) is 17.7 Å². The summed E-state index contributed by atoms with van der Waals surface area (Å²) in [6.45, 7) is 3.53. The molecule has 3 aliphatic heterocycles. The second kappa shape index (κ2) is 7.81. The van der Waals surface area contributed by atoms with E-state index in [1.54, 1.807) is 0 Å². The summed E-state index contributed by atoms with van der Waals surface area (Å²) in [5.74, 6) is 0. The van der Waals surface area contributed by atoms with E-state index in [1.165, 1.54) is 22.3 Å². The third-order valence-electron chi connectivity index (χ3n) is 6.50. The summed E-state index contributed by atoms with van der Waals surface area (Å²) >= 11 is 0. The molecule has 2 atom stereocenters. The van der Waals surface area contributed by atoms with Crippen LogP contribution in [0.4, 0.5) is 4.79 Å². The van der Waals surface area contributed by atoms with Crippen molar-refractivity contribution in [3.63, 3.8) is 0 Å². The molecule has 0 bridgehead atoms. The molecule has 3 heterocycles. The molecule has 5 rings (SSSR count). The Bertz CT molecular complexity index is 877. The van der Waals surface area contributed by atoms with Crippen molar-refractivity contribution < 1.29 is 14.3 Å². The second-order valence-corrected chi connectivity index (χ2v) is 8.49. The van der Waals surface area contributed by atoms with E-state index in [0.29, 0.717) is 19.8 Å². The number of hydrogen-bond donors (Lipinski definition) is 1. The van der Waals surface area contributed by atoms with Crippen molar-refractivity contribution in [2.24, 2.45) is 0 Å². The van der Waals surface area contributed by atoms with E-state index in [0.717, 1.165) is 38.8 Å². The molecule has 1 spiro atoms. The van der Waals surface area contributed by atoms with Gasteiger partial charge in [0.15, 0.2) is 0 Å². The predicted molar refractivity (Wildman–Crippen MR) is 112 cm³/mol. The standard InChI is InChI=1S/C24H28N2O3/c27-23(25-22-9-12-29-24(15-22)10-13-28-17-24)26-11-8-19-6-7-20(14-21(19)16-26)18-4-2-1-3-5-18/h1-7,14,22H,8-13,15-17H2,(H,25,27). The van der Waals surface area contributed by atoms with E-state index >= 15 is 0 Å². The highest BCUT2D eigenvalue weighted by Gasteiger charge is 2.41. The Labute approximate surface area is 172 Å².